The molecule has 0 bridgehead atoms. The van der Waals surface area contributed by atoms with Crippen LogP contribution < -0.4 is 10.1 Å². The van der Waals surface area contributed by atoms with Gasteiger partial charge in [-0.05, 0) is 41.5 Å². The Morgan fingerprint density at radius 1 is 1.06 bits per heavy atom. The summed E-state index contributed by atoms with van der Waals surface area (Å²) in [5.74, 6) is 0.125. The molecule has 33 heavy (non-hydrogen) atoms. The third kappa shape index (κ3) is 4.09. The Bertz CT molecular complexity index is 1430. The van der Waals surface area contributed by atoms with Crippen molar-refractivity contribution in [3.63, 3.8) is 0 Å². The van der Waals surface area contributed by atoms with Crippen molar-refractivity contribution >= 4 is 15.5 Å². The minimum atomic E-state index is -3.28. The highest BCUT2D eigenvalue weighted by Gasteiger charge is 2.29. The first-order valence-electron chi connectivity index (χ1n) is 10.4. The van der Waals surface area contributed by atoms with Crippen LogP contribution in [0.5, 0.6) is 5.75 Å². The van der Waals surface area contributed by atoms with E-state index < -0.39 is 16.4 Å². The Labute approximate surface area is 189 Å². The van der Waals surface area contributed by atoms with E-state index in [-0.39, 0.29) is 16.7 Å². The summed E-state index contributed by atoms with van der Waals surface area (Å²) in [5, 5.41) is 3.41. The molecule has 9 heteroatoms. The maximum absolute atomic E-state index is 13.0. The fourth-order valence-corrected chi connectivity index (χ4v) is 4.91. The first-order chi connectivity index (χ1) is 15.8. The molecule has 170 valence electrons. The fourth-order valence-electron chi connectivity index (χ4n) is 4.28. The van der Waals surface area contributed by atoms with Crippen LogP contribution in [0.3, 0.4) is 0 Å². The summed E-state index contributed by atoms with van der Waals surface area (Å²) in [7, 11) is -3.28. The molecule has 0 fully saturated rings. The molecule has 5 rings (SSSR count). The van der Waals surface area contributed by atoms with E-state index in [1.165, 1.54) is 12.3 Å². The lowest BCUT2D eigenvalue weighted by molar-refractivity contribution is -0.0506. The van der Waals surface area contributed by atoms with E-state index in [2.05, 4.69) is 5.32 Å². The van der Waals surface area contributed by atoms with Crippen molar-refractivity contribution < 1.29 is 21.9 Å². The first-order valence-corrected chi connectivity index (χ1v) is 12.3. The number of pyridine rings is 1. The number of sulfone groups is 1. The molecule has 3 heterocycles. The van der Waals surface area contributed by atoms with Crippen molar-refractivity contribution in [3.8, 4) is 16.9 Å². The highest BCUT2D eigenvalue weighted by atomic mass is 32.2. The molecule has 1 N–H and O–H groups in total. The number of aromatic nitrogens is 2. The molecular formula is C24H21F2N3O3S. The zero-order valence-electron chi connectivity index (χ0n) is 17.7. The molecule has 0 spiro atoms. The SMILES string of the molecule is CS(=O)(=O)c1ccc(-c2ccc3nc4c(n3c2)[C@@H](c2ccccc2OC(F)F)NCC4)cc1. The van der Waals surface area contributed by atoms with Crippen molar-refractivity contribution in [2.45, 2.75) is 24.0 Å². The van der Waals surface area contributed by atoms with Gasteiger partial charge in [0.05, 0.1) is 22.3 Å². The Hall–Kier alpha value is -3.30. The van der Waals surface area contributed by atoms with E-state index in [4.69, 9.17) is 9.72 Å². The summed E-state index contributed by atoms with van der Waals surface area (Å²) in [6.45, 7) is -2.26. The van der Waals surface area contributed by atoms with Gasteiger partial charge in [0.25, 0.3) is 0 Å². The molecule has 0 saturated carbocycles. The van der Waals surface area contributed by atoms with Crippen LogP contribution in [0.25, 0.3) is 16.8 Å². The lowest BCUT2D eigenvalue weighted by Gasteiger charge is -2.26. The number of imidazole rings is 1. The fraction of sp³-hybridized carbons (Fsp3) is 0.208. The number of fused-ring (bicyclic) bond motifs is 3. The molecule has 4 aromatic rings. The number of alkyl halides is 2. The van der Waals surface area contributed by atoms with Gasteiger partial charge in [0.1, 0.15) is 11.4 Å². The van der Waals surface area contributed by atoms with Gasteiger partial charge < -0.3 is 14.5 Å². The van der Waals surface area contributed by atoms with Gasteiger partial charge in [0.15, 0.2) is 9.84 Å². The monoisotopic (exact) mass is 469 g/mol. The number of ether oxygens (including phenoxy) is 1. The normalized spacial score (nSPS) is 16.2. The van der Waals surface area contributed by atoms with E-state index in [0.29, 0.717) is 18.5 Å². The predicted octanol–water partition coefficient (Wildman–Crippen LogP) is 4.24. The second-order valence-corrected chi connectivity index (χ2v) is 9.96. The molecule has 1 aliphatic heterocycles. The molecular weight excluding hydrogens is 448 g/mol. The van der Waals surface area contributed by atoms with Crippen LogP contribution in [-0.4, -0.2) is 37.2 Å². The van der Waals surface area contributed by atoms with Crippen LogP contribution in [0.2, 0.25) is 0 Å². The van der Waals surface area contributed by atoms with Crippen LogP contribution in [0, 0.1) is 0 Å². The van der Waals surface area contributed by atoms with Gasteiger partial charge in [-0.15, -0.1) is 0 Å². The summed E-state index contributed by atoms with van der Waals surface area (Å²) in [6.07, 6.45) is 3.82. The van der Waals surface area contributed by atoms with Crippen LogP contribution in [0.15, 0.2) is 71.8 Å². The number of benzene rings is 2. The molecule has 1 atom stereocenters. The highest BCUT2D eigenvalue weighted by molar-refractivity contribution is 7.90. The zero-order valence-corrected chi connectivity index (χ0v) is 18.5. The average Bonchev–Trinajstić information content (AvgIpc) is 3.17. The number of hydrogen-bond acceptors (Lipinski definition) is 5. The second kappa shape index (κ2) is 8.24. The Balaban J connectivity index is 1.61. The van der Waals surface area contributed by atoms with E-state index in [9.17, 15) is 17.2 Å². The standard InChI is InChI=1S/C24H21F2N3O3S/c1-33(30,31)17-9-6-15(7-10-17)16-8-11-21-28-19-12-13-27-22(23(19)29(21)14-16)18-4-2-3-5-20(18)32-24(25)26/h2-11,14,22,24,27H,12-13H2,1H3/t22-/m1/s1. The molecule has 2 aromatic heterocycles. The van der Waals surface area contributed by atoms with Gasteiger partial charge >= 0.3 is 6.61 Å². The minimum absolute atomic E-state index is 0.125. The number of nitrogens with zero attached hydrogens (tertiary/aromatic N) is 2. The summed E-state index contributed by atoms with van der Waals surface area (Å²) < 4.78 is 56.3. The van der Waals surface area contributed by atoms with E-state index in [0.717, 1.165) is 28.2 Å². The quantitative estimate of drug-likeness (QED) is 0.473. The van der Waals surface area contributed by atoms with Gasteiger partial charge in [-0.2, -0.15) is 8.78 Å². The number of hydrogen-bond donors (Lipinski definition) is 1. The van der Waals surface area contributed by atoms with E-state index in [1.807, 2.05) is 22.7 Å². The number of rotatable bonds is 5. The van der Waals surface area contributed by atoms with Gasteiger partial charge in [-0.1, -0.05) is 30.3 Å². The van der Waals surface area contributed by atoms with Crippen LogP contribution in [0.4, 0.5) is 8.78 Å². The second-order valence-electron chi connectivity index (χ2n) is 7.94. The molecule has 0 saturated heterocycles. The predicted molar refractivity (Wildman–Crippen MR) is 120 cm³/mol. The highest BCUT2D eigenvalue weighted by Crippen LogP contribution is 2.36. The first kappa shape index (κ1) is 21.5. The Kier molecular flexibility index (Phi) is 5.38. The largest absolute Gasteiger partial charge is 0.434 e. The Morgan fingerprint density at radius 2 is 1.79 bits per heavy atom. The third-order valence-electron chi connectivity index (χ3n) is 5.78. The van der Waals surface area contributed by atoms with E-state index >= 15 is 0 Å². The van der Waals surface area contributed by atoms with Gasteiger partial charge in [0.2, 0.25) is 0 Å². The smallest absolute Gasteiger partial charge is 0.387 e. The summed E-state index contributed by atoms with van der Waals surface area (Å²) in [6, 6.07) is 16.9. The maximum Gasteiger partial charge on any atom is 0.387 e. The van der Waals surface area contributed by atoms with Crippen LogP contribution >= 0.6 is 0 Å². The molecule has 6 nitrogen and oxygen atoms in total. The molecule has 1 aliphatic rings. The third-order valence-corrected chi connectivity index (χ3v) is 6.91. The summed E-state index contributed by atoms with van der Waals surface area (Å²) in [4.78, 5) is 5.01. The topological polar surface area (TPSA) is 72.7 Å². The lowest BCUT2D eigenvalue weighted by atomic mass is 9.97. The Morgan fingerprint density at radius 3 is 2.52 bits per heavy atom. The van der Waals surface area contributed by atoms with Crippen molar-refractivity contribution in [3.05, 3.63) is 83.8 Å². The average molecular weight is 470 g/mol. The molecule has 0 aliphatic carbocycles. The van der Waals surface area contributed by atoms with Crippen molar-refractivity contribution in [1.82, 2.24) is 14.7 Å². The number of nitrogens with one attached hydrogen (secondary N) is 1. The van der Waals surface area contributed by atoms with Crippen molar-refractivity contribution in [2.24, 2.45) is 0 Å². The van der Waals surface area contributed by atoms with Gasteiger partial charge in [-0.3, -0.25) is 0 Å². The van der Waals surface area contributed by atoms with Crippen molar-refractivity contribution in [1.29, 1.82) is 0 Å². The van der Waals surface area contributed by atoms with E-state index in [1.54, 1.807) is 42.5 Å². The minimum Gasteiger partial charge on any atom is -0.434 e. The van der Waals surface area contributed by atoms with Gasteiger partial charge in [0, 0.05) is 31.0 Å². The number of halogens is 2. The molecule has 0 radical (unpaired) electrons. The van der Waals surface area contributed by atoms with Crippen LogP contribution in [-0.2, 0) is 16.3 Å². The van der Waals surface area contributed by atoms with Crippen LogP contribution in [0.1, 0.15) is 23.0 Å². The summed E-state index contributed by atoms with van der Waals surface area (Å²) in [5.41, 5.74) is 4.87. The maximum atomic E-state index is 13.0. The summed E-state index contributed by atoms with van der Waals surface area (Å²) >= 11 is 0. The molecule has 0 amide bonds. The number of para-hydroxylation sites is 1. The molecule has 2 aromatic carbocycles. The van der Waals surface area contributed by atoms with Crippen molar-refractivity contribution in [2.75, 3.05) is 12.8 Å². The lowest BCUT2D eigenvalue weighted by Crippen LogP contribution is -2.31. The van der Waals surface area contributed by atoms with Gasteiger partial charge in [-0.25, -0.2) is 13.4 Å². The molecule has 0 unspecified atom stereocenters. The zero-order chi connectivity index (χ0) is 23.2.